The summed E-state index contributed by atoms with van der Waals surface area (Å²) in [5.41, 5.74) is 0.914. The molecule has 0 atom stereocenters. The van der Waals surface area contributed by atoms with Crippen LogP contribution in [0, 0.1) is 11.8 Å². The predicted molar refractivity (Wildman–Crippen MR) is 55.8 cm³/mol. The van der Waals surface area contributed by atoms with E-state index in [1.165, 1.54) is 0 Å². The molecule has 0 unspecified atom stereocenters. The minimum absolute atomic E-state index is 0.190. The van der Waals surface area contributed by atoms with Gasteiger partial charge in [-0.3, -0.25) is 0 Å². The van der Waals surface area contributed by atoms with E-state index in [0.29, 0.717) is 6.42 Å². The first kappa shape index (κ1) is 9.88. The quantitative estimate of drug-likeness (QED) is 0.586. The van der Waals surface area contributed by atoms with E-state index < -0.39 is 0 Å². The van der Waals surface area contributed by atoms with Gasteiger partial charge in [-0.1, -0.05) is 11.8 Å². The number of aliphatic hydroxyl groups is 1. The van der Waals surface area contributed by atoms with E-state index in [0.717, 1.165) is 23.5 Å². The van der Waals surface area contributed by atoms with Crippen LogP contribution in [0.2, 0.25) is 0 Å². The first-order chi connectivity index (χ1) is 7.40. The molecule has 1 heterocycles. The zero-order chi connectivity index (χ0) is 10.5. The highest BCUT2D eigenvalue weighted by Gasteiger charge is 2.12. The first-order valence-electron chi connectivity index (χ1n) is 4.89. The highest BCUT2D eigenvalue weighted by atomic mass is 16.7. The molecular weight excluding hydrogens is 192 g/mol. The standard InChI is InChI=1S/C12H12O3/c13-7-3-1-2-4-10-5-6-11-12(8-10)15-9-14-11/h5-6,8,13H,1,3,7,9H2. The zero-order valence-electron chi connectivity index (χ0n) is 8.32. The van der Waals surface area contributed by atoms with Gasteiger partial charge in [0.1, 0.15) is 0 Å². The van der Waals surface area contributed by atoms with Gasteiger partial charge >= 0.3 is 0 Å². The summed E-state index contributed by atoms with van der Waals surface area (Å²) in [6.45, 7) is 0.479. The van der Waals surface area contributed by atoms with E-state index in [9.17, 15) is 0 Å². The van der Waals surface area contributed by atoms with Crippen molar-refractivity contribution in [1.29, 1.82) is 0 Å². The highest BCUT2D eigenvalue weighted by molar-refractivity contribution is 5.49. The number of ether oxygens (including phenoxy) is 2. The van der Waals surface area contributed by atoms with Crippen LogP contribution in [0.4, 0.5) is 0 Å². The van der Waals surface area contributed by atoms with Crippen LogP contribution in [0.5, 0.6) is 11.5 Å². The average Bonchev–Trinajstić information content (AvgIpc) is 2.71. The molecule has 1 N–H and O–H groups in total. The van der Waals surface area contributed by atoms with Crippen molar-refractivity contribution in [2.45, 2.75) is 12.8 Å². The summed E-state index contributed by atoms with van der Waals surface area (Å²) in [6, 6.07) is 5.63. The summed E-state index contributed by atoms with van der Waals surface area (Å²) in [5.74, 6) is 7.53. The SMILES string of the molecule is OCCCC#Cc1ccc2c(c1)OCO2. The largest absolute Gasteiger partial charge is 0.454 e. The summed E-state index contributed by atoms with van der Waals surface area (Å²) in [5, 5.41) is 8.59. The van der Waals surface area contributed by atoms with Crippen molar-refractivity contribution >= 4 is 0 Å². The van der Waals surface area contributed by atoms with E-state index in [-0.39, 0.29) is 13.4 Å². The number of hydrogen-bond donors (Lipinski definition) is 1. The number of fused-ring (bicyclic) bond motifs is 1. The Hall–Kier alpha value is -1.66. The van der Waals surface area contributed by atoms with Crippen LogP contribution in [0.3, 0.4) is 0 Å². The Labute approximate surface area is 88.6 Å². The molecule has 0 saturated heterocycles. The van der Waals surface area contributed by atoms with Crippen LogP contribution in [0.15, 0.2) is 18.2 Å². The van der Waals surface area contributed by atoms with Gasteiger partial charge < -0.3 is 14.6 Å². The molecule has 1 aromatic rings. The molecule has 78 valence electrons. The molecule has 0 fully saturated rings. The summed E-state index contributed by atoms with van der Waals surface area (Å²) >= 11 is 0. The maximum Gasteiger partial charge on any atom is 0.231 e. The molecule has 1 aliphatic rings. The van der Waals surface area contributed by atoms with Crippen molar-refractivity contribution < 1.29 is 14.6 Å². The molecular formula is C12H12O3. The molecule has 2 rings (SSSR count). The Kier molecular flexibility index (Phi) is 3.11. The second-order valence-corrected chi connectivity index (χ2v) is 3.20. The van der Waals surface area contributed by atoms with Gasteiger partial charge in [-0.05, 0) is 24.6 Å². The number of unbranched alkanes of at least 4 members (excludes halogenated alkanes) is 1. The third-order valence-electron chi connectivity index (χ3n) is 2.07. The van der Waals surface area contributed by atoms with Crippen LogP contribution in [-0.2, 0) is 0 Å². The van der Waals surface area contributed by atoms with Gasteiger partial charge in [-0.2, -0.15) is 0 Å². The molecule has 1 aliphatic heterocycles. The molecule has 1 aromatic carbocycles. The van der Waals surface area contributed by atoms with Crippen LogP contribution < -0.4 is 9.47 Å². The smallest absolute Gasteiger partial charge is 0.231 e. The van der Waals surface area contributed by atoms with Gasteiger partial charge in [0.25, 0.3) is 0 Å². The third kappa shape index (κ3) is 2.42. The highest BCUT2D eigenvalue weighted by Crippen LogP contribution is 2.32. The van der Waals surface area contributed by atoms with Crippen molar-refractivity contribution in [1.82, 2.24) is 0 Å². The number of benzene rings is 1. The molecule has 0 aliphatic carbocycles. The van der Waals surface area contributed by atoms with E-state index in [1.54, 1.807) is 0 Å². The molecule has 0 bridgehead atoms. The molecule has 0 saturated carbocycles. The van der Waals surface area contributed by atoms with Crippen LogP contribution in [0.1, 0.15) is 18.4 Å². The fourth-order valence-electron chi connectivity index (χ4n) is 1.31. The van der Waals surface area contributed by atoms with Crippen molar-refractivity contribution in [3.8, 4) is 23.3 Å². The van der Waals surface area contributed by atoms with Gasteiger partial charge in [0.2, 0.25) is 6.79 Å². The molecule has 0 spiro atoms. The predicted octanol–water partition coefficient (Wildman–Crippen LogP) is 1.54. The fraction of sp³-hybridized carbons (Fsp3) is 0.333. The molecule has 0 amide bonds. The van der Waals surface area contributed by atoms with E-state index in [2.05, 4.69) is 11.8 Å². The van der Waals surface area contributed by atoms with Gasteiger partial charge in [0, 0.05) is 18.6 Å². The van der Waals surface area contributed by atoms with Crippen molar-refractivity contribution in [3.05, 3.63) is 23.8 Å². The summed E-state index contributed by atoms with van der Waals surface area (Å²) in [7, 11) is 0. The van der Waals surface area contributed by atoms with Crippen LogP contribution in [-0.4, -0.2) is 18.5 Å². The maximum atomic E-state index is 8.59. The zero-order valence-corrected chi connectivity index (χ0v) is 8.32. The lowest BCUT2D eigenvalue weighted by Crippen LogP contribution is -1.92. The van der Waals surface area contributed by atoms with Crippen LogP contribution in [0.25, 0.3) is 0 Å². The van der Waals surface area contributed by atoms with Gasteiger partial charge in [0.05, 0.1) is 0 Å². The number of hydrogen-bond acceptors (Lipinski definition) is 3. The Morgan fingerprint density at radius 3 is 3.00 bits per heavy atom. The van der Waals surface area contributed by atoms with Crippen molar-refractivity contribution in [2.24, 2.45) is 0 Å². The summed E-state index contributed by atoms with van der Waals surface area (Å²) in [6.07, 6.45) is 1.43. The Balaban J connectivity index is 2.05. The van der Waals surface area contributed by atoms with Gasteiger partial charge in [-0.15, -0.1) is 0 Å². The van der Waals surface area contributed by atoms with Gasteiger partial charge in [-0.25, -0.2) is 0 Å². The monoisotopic (exact) mass is 204 g/mol. The first-order valence-corrected chi connectivity index (χ1v) is 4.89. The molecule has 0 aromatic heterocycles. The lowest BCUT2D eigenvalue weighted by molar-refractivity contribution is 0.174. The van der Waals surface area contributed by atoms with E-state index in [4.69, 9.17) is 14.6 Å². The lowest BCUT2D eigenvalue weighted by atomic mass is 10.2. The normalized spacial score (nSPS) is 12.1. The number of aliphatic hydroxyl groups excluding tert-OH is 1. The Bertz CT molecular complexity index is 401. The Morgan fingerprint density at radius 1 is 1.27 bits per heavy atom. The van der Waals surface area contributed by atoms with Crippen LogP contribution >= 0.6 is 0 Å². The molecule has 3 nitrogen and oxygen atoms in total. The average molecular weight is 204 g/mol. The summed E-state index contributed by atoms with van der Waals surface area (Å²) in [4.78, 5) is 0. The minimum atomic E-state index is 0.190. The molecule has 0 radical (unpaired) electrons. The topological polar surface area (TPSA) is 38.7 Å². The van der Waals surface area contributed by atoms with Crippen molar-refractivity contribution in [3.63, 3.8) is 0 Å². The van der Waals surface area contributed by atoms with E-state index in [1.807, 2.05) is 18.2 Å². The lowest BCUT2D eigenvalue weighted by Gasteiger charge is -1.95. The fourth-order valence-corrected chi connectivity index (χ4v) is 1.31. The summed E-state index contributed by atoms with van der Waals surface area (Å²) < 4.78 is 10.4. The molecule has 3 heteroatoms. The molecule has 15 heavy (non-hydrogen) atoms. The number of rotatable bonds is 2. The van der Waals surface area contributed by atoms with E-state index >= 15 is 0 Å². The minimum Gasteiger partial charge on any atom is -0.454 e. The van der Waals surface area contributed by atoms with Crippen molar-refractivity contribution in [2.75, 3.05) is 13.4 Å². The second kappa shape index (κ2) is 4.72. The Morgan fingerprint density at radius 2 is 2.13 bits per heavy atom. The maximum absolute atomic E-state index is 8.59. The third-order valence-corrected chi connectivity index (χ3v) is 2.07. The second-order valence-electron chi connectivity index (χ2n) is 3.20. The van der Waals surface area contributed by atoms with Gasteiger partial charge in [0.15, 0.2) is 11.5 Å².